The van der Waals surface area contributed by atoms with E-state index in [9.17, 15) is 9.50 Å². The molecule has 0 spiro atoms. The highest BCUT2D eigenvalue weighted by atomic mass is 19.1. The molecule has 0 unspecified atom stereocenters. The minimum atomic E-state index is -0.393. The molecule has 3 aromatic rings. The smallest absolute Gasteiger partial charge is 0.165 e. The average molecular weight is 341 g/mol. The Balaban J connectivity index is 1.79. The molecule has 0 aliphatic carbocycles. The summed E-state index contributed by atoms with van der Waals surface area (Å²) in [6.07, 6.45) is 0. The second-order valence-corrected chi connectivity index (χ2v) is 5.55. The zero-order valence-corrected chi connectivity index (χ0v) is 13.9. The van der Waals surface area contributed by atoms with E-state index in [1.54, 1.807) is 16.8 Å². The van der Waals surface area contributed by atoms with Gasteiger partial charge in [-0.1, -0.05) is 36.4 Å². The Hall–Kier alpha value is -2.86. The quantitative estimate of drug-likeness (QED) is 0.692. The predicted molar refractivity (Wildman–Crippen MR) is 95.0 cm³/mol. The number of aromatic nitrogens is 2. The number of aliphatic hydroxyl groups is 1. The van der Waals surface area contributed by atoms with Crippen LogP contribution in [-0.4, -0.2) is 28.6 Å². The van der Waals surface area contributed by atoms with E-state index in [4.69, 9.17) is 4.74 Å². The minimum Gasteiger partial charge on any atom is -0.494 e. The number of hydrogen-bond donors (Lipinski definition) is 2. The first-order valence-corrected chi connectivity index (χ1v) is 8.01. The van der Waals surface area contributed by atoms with Crippen LogP contribution in [0.1, 0.15) is 5.56 Å². The van der Waals surface area contributed by atoms with Crippen molar-refractivity contribution >= 4 is 5.82 Å². The van der Waals surface area contributed by atoms with Gasteiger partial charge < -0.3 is 15.2 Å². The van der Waals surface area contributed by atoms with Crippen LogP contribution in [0.4, 0.5) is 10.2 Å². The lowest BCUT2D eigenvalue weighted by molar-refractivity contribution is 0.270. The molecule has 130 valence electrons. The lowest BCUT2D eigenvalue weighted by atomic mass is 10.1. The van der Waals surface area contributed by atoms with Gasteiger partial charge in [0.2, 0.25) is 0 Å². The summed E-state index contributed by atoms with van der Waals surface area (Å²) in [5.74, 6) is 0.597. The van der Waals surface area contributed by atoms with E-state index >= 15 is 0 Å². The van der Waals surface area contributed by atoms with Crippen molar-refractivity contribution in [1.29, 1.82) is 0 Å². The van der Waals surface area contributed by atoms with Crippen molar-refractivity contribution in [2.75, 3.05) is 19.0 Å². The molecule has 5 nitrogen and oxygen atoms in total. The minimum absolute atomic E-state index is 0.0121. The van der Waals surface area contributed by atoms with Gasteiger partial charge in [0.05, 0.1) is 26.0 Å². The zero-order chi connectivity index (χ0) is 17.6. The van der Waals surface area contributed by atoms with Gasteiger partial charge in [-0.25, -0.2) is 9.07 Å². The van der Waals surface area contributed by atoms with Crippen molar-refractivity contribution in [3.05, 3.63) is 66.0 Å². The molecule has 1 aromatic heterocycles. The van der Waals surface area contributed by atoms with Gasteiger partial charge in [-0.3, -0.25) is 0 Å². The maximum atomic E-state index is 13.8. The lowest BCUT2D eigenvalue weighted by Gasteiger charge is -2.09. The summed E-state index contributed by atoms with van der Waals surface area (Å²) in [6.45, 7) is 0.806. The summed E-state index contributed by atoms with van der Waals surface area (Å²) in [6, 6.07) is 16.6. The topological polar surface area (TPSA) is 59.3 Å². The predicted octanol–water partition coefficient (Wildman–Crippen LogP) is 3.30. The third kappa shape index (κ3) is 3.97. The Morgan fingerprint density at radius 1 is 1.16 bits per heavy atom. The number of halogens is 1. The monoisotopic (exact) mass is 341 g/mol. The van der Waals surface area contributed by atoms with Crippen molar-refractivity contribution in [3.63, 3.8) is 0 Å². The van der Waals surface area contributed by atoms with Gasteiger partial charge in [0.15, 0.2) is 11.6 Å². The second kappa shape index (κ2) is 7.81. The zero-order valence-electron chi connectivity index (χ0n) is 13.9. The van der Waals surface area contributed by atoms with Crippen LogP contribution >= 0.6 is 0 Å². The number of anilines is 1. The molecule has 0 atom stereocenters. The average Bonchev–Trinajstić information content (AvgIpc) is 3.04. The van der Waals surface area contributed by atoms with E-state index in [1.807, 2.05) is 36.4 Å². The number of nitrogens with one attached hydrogen (secondary N) is 1. The van der Waals surface area contributed by atoms with Crippen molar-refractivity contribution in [1.82, 2.24) is 9.78 Å². The van der Waals surface area contributed by atoms with E-state index in [2.05, 4.69) is 10.4 Å². The van der Waals surface area contributed by atoms with Gasteiger partial charge in [-0.15, -0.1) is 0 Å². The van der Waals surface area contributed by atoms with Crippen LogP contribution in [0.5, 0.6) is 5.75 Å². The SMILES string of the molecule is COc1ccc(CNc2cc(-c3ccccc3)nn2CCO)cc1F. The van der Waals surface area contributed by atoms with Crippen LogP contribution in [0.3, 0.4) is 0 Å². The molecule has 0 bridgehead atoms. The molecular formula is C19H20FN3O2. The van der Waals surface area contributed by atoms with Crippen molar-refractivity contribution < 1.29 is 14.2 Å². The maximum Gasteiger partial charge on any atom is 0.165 e. The Morgan fingerprint density at radius 2 is 1.96 bits per heavy atom. The summed E-state index contributed by atoms with van der Waals surface area (Å²) >= 11 is 0. The van der Waals surface area contributed by atoms with E-state index in [1.165, 1.54) is 13.2 Å². The van der Waals surface area contributed by atoms with Crippen molar-refractivity contribution in [2.45, 2.75) is 13.1 Å². The highest BCUT2D eigenvalue weighted by Gasteiger charge is 2.10. The van der Waals surface area contributed by atoms with E-state index in [0.29, 0.717) is 13.1 Å². The Bertz CT molecular complexity index is 834. The molecule has 25 heavy (non-hydrogen) atoms. The molecule has 0 fully saturated rings. The first kappa shape index (κ1) is 17.0. The van der Waals surface area contributed by atoms with Crippen LogP contribution in [-0.2, 0) is 13.1 Å². The molecule has 2 N–H and O–H groups in total. The molecule has 0 radical (unpaired) electrons. The number of benzene rings is 2. The number of ether oxygens (including phenoxy) is 1. The standard InChI is InChI=1S/C19H20FN3O2/c1-25-18-8-7-14(11-16(18)20)13-21-19-12-17(22-23(19)9-10-24)15-5-3-2-4-6-15/h2-8,11-12,21,24H,9-10,13H2,1H3. The number of methoxy groups -OCH3 is 1. The fraction of sp³-hybridized carbons (Fsp3) is 0.211. The Kier molecular flexibility index (Phi) is 5.30. The largest absolute Gasteiger partial charge is 0.494 e. The van der Waals surface area contributed by atoms with Crippen LogP contribution in [0.15, 0.2) is 54.6 Å². The summed E-state index contributed by atoms with van der Waals surface area (Å²) in [5, 5.41) is 17.0. The molecule has 3 rings (SSSR count). The Morgan fingerprint density at radius 3 is 2.64 bits per heavy atom. The maximum absolute atomic E-state index is 13.8. The van der Waals surface area contributed by atoms with E-state index in [-0.39, 0.29) is 12.4 Å². The highest BCUT2D eigenvalue weighted by Crippen LogP contribution is 2.23. The van der Waals surface area contributed by atoms with Crippen molar-refractivity contribution in [3.8, 4) is 17.0 Å². The summed E-state index contributed by atoms with van der Waals surface area (Å²) in [4.78, 5) is 0. The highest BCUT2D eigenvalue weighted by molar-refractivity contribution is 5.63. The third-order valence-corrected chi connectivity index (χ3v) is 3.85. The Labute approximate surface area is 145 Å². The molecule has 0 saturated carbocycles. The van der Waals surface area contributed by atoms with Crippen LogP contribution in [0, 0.1) is 5.82 Å². The molecule has 0 saturated heterocycles. The molecule has 6 heteroatoms. The normalized spacial score (nSPS) is 10.7. The third-order valence-electron chi connectivity index (χ3n) is 3.85. The second-order valence-electron chi connectivity index (χ2n) is 5.55. The van der Waals surface area contributed by atoms with E-state index in [0.717, 1.165) is 22.6 Å². The molecule has 2 aromatic carbocycles. The lowest BCUT2D eigenvalue weighted by Crippen LogP contribution is -2.10. The fourth-order valence-corrected chi connectivity index (χ4v) is 2.59. The van der Waals surface area contributed by atoms with Gasteiger partial charge in [-0.05, 0) is 17.7 Å². The van der Waals surface area contributed by atoms with Gasteiger partial charge in [-0.2, -0.15) is 5.10 Å². The van der Waals surface area contributed by atoms with Gasteiger partial charge in [0.25, 0.3) is 0 Å². The molecular weight excluding hydrogens is 321 g/mol. The van der Waals surface area contributed by atoms with E-state index < -0.39 is 5.82 Å². The van der Waals surface area contributed by atoms with Gasteiger partial charge in [0.1, 0.15) is 5.82 Å². The van der Waals surface area contributed by atoms with Crippen LogP contribution < -0.4 is 10.1 Å². The summed E-state index contributed by atoms with van der Waals surface area (Å²) in [7, 11) is 1.44. The summed E-state index contributed by atoms with van der Waals surface area (Å²) in [5.41, 5.74) is 2.60. The number of hydrogen-bond acceptors (Lipinski definition) is 4. The number of nitrogens with zero attached hydrogens (tertiary/aromatic N) is 2. The fourth-order valence-electron chi connectivity index (χ4n) is 2.59. The molecule has 1 heterocycles. The van der Waals surface area contributed by atoms with Crippen LogP contribution in [0.2, 0.25) is 0 Å². The first-order valence-electron chi connectivity index (χ1n) is 8.01. The van der Waals surface area contributed by atoms with Crippen LogP contribution in [0.25, 0.3) is 11.3 Å². The molecule has 0 aliphatic heterocycles. The molecule has 0 amide bonds. The van der Waals surface area contributed by atoms with Gasteiger partial charge in [0, 0.05) is 18.2 Å². The summed E-state index contributed by atoms with van der Waals surface area (Å²) < 4.78 is 20.4. The first-order chi connectivity index (χ1) is 12.2. The van der Waals surface area contributed by atoms with Crippen molar-refractivity contribution in [2.24, 2.45) is 0 Å². The molecule has 0 aliphatic rings. The number of rotatable bonds is 7. The number of aliphatic hydroxyl groups excluding tert-OH is 1. The van der Waals surface area contributed by atoms with Gasteiger partial charge >= 0.3 is 0 Å².